The van der Waals surface area contributed by atoms with Crippen molar-refractivity contribution in [3.05, 3.63) is 35.6 Å². The van der Waals surface area contributed by atoms with Gasteiger partial charge in [-0.25, -0.2) is 19.7 Å². The first-order chi connectivity index (χ1) is 9.65. The molecule has 7 nitrogen and oxygen atoms in total. The number of fused-ring (bicyclic) bond motifs is 1. The van der Waals surface area contributed by atoms with Crippen molar-refractivity contribution < 1.29 is 15.0 Å². The predicted octanol–water partition coefficient (Wildman–Crippen LogP) is 2.23. The molecule has 2 heterocycles. The monoisotopic (exact) mass is 288 g/mol. The Hall–Kier alpha value is -2.74. The molecule has 2 aromatic heterocycles. The summed E-state index contributed by atoms with van der Waals surface area (Å²) in [5.41, 5.74) is 0.246. The van der Waals surface area contributed by atoms with Gasteiger partial charge >= 0.3 is 5.97 Å². The van der Waals surface area contributed by atoms with Crippen LogP contribution in [0, 0.1) is 0 Å². The van der Waals surface area contributed by atoms with Crippen molar-refractivity contribution in [2.24, 2.45) is 0 Å². The highest BCUT2D eigenvalue weighted by Gasteiger charge is 2.14. The average molecular weight is 288 g/mol. The Labute approximate surface area is 116 Å². The maximum absolute atomic E-state index is 11.1. The first-order valence-electron chi connectivity index (χ1n) is 5.52. The largest absolute Gasteiger partial charge is 0.507 e. The summed E-state index contributed by atoms with van der Waals surface area (Å²) in [5.74, 6) is -1.11. The van der Waals surface area contributed by atoms with Gasteiger partial charge in [-0.05, 0) is 6.07 Å². The fraction of sp³-hybridized carbons (Fsp3) is 0. The van der Waals surface area contributed by atoms with E-state index < -0.39 is 5.97 Å². The normalized spacial score (nSPS) is 10.6. The summed E-state index contributed by atoms with van der Waals surface area (Å²) in [7, 11) is 0. The Morgan fingerprint density at radius 3 is 2.80 bits per heavy atom. The molecule has 3 aromatic rings. The molecule has 0 aliphatic rings. The number of aromatic carboxylic acids is 1. The number of aromatic hydroxyl groups is 1. The summed E-state index contributed by atoms with van der Waals surface area (Å²) in [6, 6.07) is 2.64. The highest BCUT2D eigenvalue weighted by molar-refractivity contribution is 7.13. The molecule has 3 rings (SSSR count). The fourth-order valence-corrected chi connectivity index (χ4v) is 2.28. The molecule has 0 amide bonds. The van der Waals surface area contributed by atoms with E-state index in [2.05, 4.69) is 20.3 Å². The third-order valence-electron chi connectivity index (χ3n) is 2.64. The number of nitrogens with zero attached hydrogens (tertiary/aromatic N) is 3. The topological polar surface area (TPSA) is 108 Å². The Morgan fingerprint density at radius 2 is 2.10 bits per heavy atom. The number of carbonyl (C=O) groups is 1. The minimum atomic E-state index is -1.21. The fourth-order valence-electron chi connectivity index (χ4n) is 1.75. The van der Waals surface area contributed by atoms with Gasteiger partial charge in [-0.1, -0.05) is 0 Å². The number of carboxylic acids is 1. The molecule has 0 radical (unpaired) electrons. The van der Waals surface area contributed by atoms with Crippen LogP contribution in [0.25, 0.3) is 10.9 Å². The van der Waals surface area contributed by atoms with Gasteiger partial charge in [-0.2, -0.15) is 0 Å². The summed E-state index contributed by atoms with van der Waals surface area (Å²) < 4.78 is 0. The number of nitrogens with one attached hydrogen (secondary N) is 1. The van der Waals surface area contributed by atoms with Crippen molar-refractivity contribution in [3.8, 4) is 5.75 Å². The SMILES string of the molecule is O=C(O)c1cc2c(Nc3nccs3)ncnc2cc1O. The maximum Gasteiger partial charge on any atom is 0.339 e. The van der Waals surface area contributed by atoms with Crippen molar-refractivity contribution in [1.82, 2.24) is 15.0 Å². The minimum Gasteiger partial charge on any atom is -0.507 e. The molecule has 0 atom stereocenters. The van der Waals surface area contributed by atoms with Crippen LogP contribution in [0.5, 0.6) is 5.75 Å². The summed E-state index contributed by atoms with van der Waals surface area (Å²) in [5, 5.41) is 24.6. The predicted molar refractivity (Wildman–Crippen MR) is 73.6 cm³/mol. The smallest absolute Gasteiger partial charge is 0.339 e. The first kappa shape index (κ1) is 12.3. The number of anilines is 2. The summed E-state index contributed by atoms with van der Waals surface area (Å²) in [6.07, 6.45) is 2.98. The van der Waals surface area contributed by atoms with Gasteiger partial charge in [0, 0.05) is 23.0 Å². The van der Waals surface area contributed by atoms with Gasteiger partial charge < -0.3 is 15.5 Å². The van der Waals surface area contributed by atoms with E-state index in [0.717, 1.165) is 0 Å². The van der Waals surface area contributed by atoms with Crippen LogP contribution in [0.15, 0.2) is 30.0 Å². The number of carboxylic acid groups (broad SMARTS) is 1. The number of phenols is 1. The molecule has 0 unspecified atom stereocenters. The van der Waals surface area contributed by atoms with Gasteiger partial charge in [-0.3, -0.25) is 0 Å². The summed E-state index contributed by atoms with van der Waals surface area (Å²) in [6.45, 7) is 0. The van der Waals surface area contributed by atoms with Gasteiger partial charge in [0.1, 0.15) is 23.5 Å². The Balaban J connectivity index is 2.17. The van der Waals surface area contributed by atoms with Crippen LogP contribution < -0.4 is 5.32 Å². The van der Waals surface area contributed by atoms with Gasteiger partial charge in [0.25, 0.3) is 0 Å². The molecule has 0 saturated heterocycles. The van der Waals surface area contributed by atoms with Crippen molar-refractivity contribution in [2.75, 3.05) is 5.32 Å². The molecular formula is C12H8N4O3S. The lowest BCUT2D eigenvalue weighted by Crippen LogP contribution is -2.00. The second kappa shape index (κ2) is 4.74. The van der Waals surface area contributed by atoms with E-state index in [1.54, 1.807) is 11.6 Å². The third kappa shape index (κ3) is 2.12. The first-order valence-corrected chi connectivity index (χ1v) is 6.40. The van der Waals surface area contributed by atoms with Crippen LogP contribution in [0.2, 0.25) is 0 Å². The molecule has 0 fully saturated rings. The average Bonchev–Trinajstić information content (AvgIpc) is 2.91. The van der Waals surface area contributed by atoms with E-state index in [4.69, 9.17) is 5.11 Å². The minimum absolute atomic E-state index is 0.200. The lowest BCUT2D eigenvalue weighted by molar-refractivity contribution is 0.0694. The number of aromatic nitrogens is 3. The van der Waals surface area contributed by atoms with Gasteiger partial charge in [0.15, 0.2) is 5.13 Å². The van der Waals surface area contributed by atoms with E-state index in [1.807, 2.05) is 0 Å². The van der Waals surface area contributed by atoms with Crippen LogP contribution in [0.3, 0.4) is 0 Å². The maximum atomic E-state index is 11.1. The molecule has 0 saturated carbocycles. The molecule has 0 aliphatic carbocycles. The highest BCUT2D eigenvalue weighted by atomic mass is 32.1. The molecule has 8 heteroatoms. The molecule has 1 aromatic carbocycles. The molecule has 20 heavy (non-hydrogen) atoms. The Kier molecular flexibility index (Phi) is 2.92. The number of rotatable bonds is 3. The highest BCUT2D eigenvalue weighted by Crippen LogP contribution is 2.29. The van der Waals surface area contributed by atoms with Crippen LogP contribution in [0.4, 0.5) is 10.9 Å². The second-order valence-corrected chi connectivity index (χ2v) is 4.77. The standard InChI is InChI=1S/C12H8N4O3S/c17-9-4-8-6(3-7(9)11(18)19)10(15-5-14-8)16-12-13-1-2-20-12/h1-5,17H,(H,18,19)(H,13,14,15,16). The van der Waals surface area contributed by atoms with Crippen LogP contribution >= 0.6 is 11.3 Å². The van der Waals surface area contributed by atoms with Crippen LogP contribution in [-0.4, -0.2) is 31.1 Å². The number of hydrogen-bond acceptors (Lipinski definition) is 7. The third-order valence-corrected chi connectivity index (χ3v) is 3.33. The lowest BCUT2D eigenvalue weighted by Gasteiger charge is -2.07. The Morgan fingerprint density at radius 1 is 1.25 bits per heavy atom. The van der Waals surface area contributed by atoms with E-state index >= 15 is 0 Å². The quantitative estimate of drug-likeness (QED) is 0.678. The van der Waals surface area contributed by atoms with Gasteiger partial charge in [0.05, 0.1) is 5.52 Å². The molecule has 3 N–H and O–H groups in total. The summed E-state index contributed by atoms with van der Waals surface area (Å²) in [4.78, 5) is 23.2. The Bertz CT molecular complexity index is 789. The van der Waals surface area contributed by atoms with Crippen molar-refractivity contribution in [3.63, 3.8) is 0 Å². The molecule has 0 bridgehead atoms. The zero-order chi connectivity index (χ0) is 14.1. The zero-order valence-corrected chi connectivity index (χ0v) is 10.8. The van der Waals surface area contributed by atoms with Gasteiger partial charge in [-0.15, -0.1) is 11.3 Å². The van der Waals surface area contributed by atoms with E-state index in [9.17, 15) is 9.90 Å². The van der Waals surface area contributed by atoms with Crippen molar-refractivity contribution in [1.29, 1.82) is 0 Å². The number of hydrogen-bond donors (Lipinski definition) is 3. The van der Waals surface area contributed by atoms with Gasteiger partial charge in [0.2, 0.25) is 0 Å². The second-order valence-electron chi connectivity index (χ2n) is 3.88. The van der Waals surface area contributed by atoms with E-state index in [-0.39, 0.29) is 11.3 Å². The van der Waals surface area contributed by atoms with Crippen molar-refractivity contribution in [2.45, 2.75) is 0 Å². The lowest BCUT2D eigenvalue weighted by atomic mass is 10.1. The summed E-state index contributed by atoms with van der Waals surface area (Å²) >= 11 is 1.39. The van der Waals surface area contributed by atoms with Crippen molar-refractivity contribution >= 4 is 39.2 Å². The zero-order valence-electron chi connectivity index (χ0n) is 9.94. The number of benzene rings is 1. The molecule has 100 valence electrons. The molecular weight excluding hydrogens is 280 g/mol. The number of thiazole rings is 1. The van der Waals surface area contributed by atoms with Crippen LogP contribution in [-0.2, 0) is 0 Å². The van der Waals surface area contributed by atoms with E-state index in [1.165, 1.54) is 29.8 Å². The van der Waals surface area contributed by atoms with Crippen LogP contribution in [0.1, 0.15) is 10.4 Å². The molecule has 0 spiro atoms. The molecule has 0 aliphatic heterocycles. The van der Waals surface area contributed by atoms with E-state index in [0.29, 0.717) is 21.9 Å².